The lowest BCUT2D eigenvalue weighted by Crippen LogP contribution is -2.52. The highest BCUT2D eigenvalue weighted by Gasteiger charge is 2.28. The molecular formula is C12H11N3O3S. The lowest BCUT2D eigenvalue weighted by atomic mass is 10.1. The van der Waals surface area contributed by atoms with Gasteiger partial charge in [-0.05, 0) is 6.42 Å². The number of piperidine rings is 1. The zero-order chi connectivity index (χ0) is 13.4. The molecule has 3 amide bonds. The first-order valence-corrected chi connectivity index (χ1v) is 6.77. The highest BCUT2D eigenvalue weighted by Crippen LogP contribution is 2.22. The Labute approximate surface area is 112 Å². The van der Waals surface area contributed by atoms with E-state index in [2.05, 4.69) is 15.6 Å². The minimum atomic E-state index is -0.645. The molecule has 0 spiro atoms. The van der Waals surface area contributed by atoms with Crippen LogP contribution >= 0.6 is 11.3 Å². The number of nitrogens with one attached hydrogen (secondary N) is 3. The van der Waals surface area contributed by atoms with E-state index in [1.807, 2.05) is 10.8 Å². The predicted octanol–water partition coefficient (Wildman–Crippen LogP) is 0.764. The van der Waals surface area contributed by atoms with Crippen molar-refractivity contribution in [2.24, 2.45) is 0 Å². The van der Waals surface area contributed by atoms with Crippen LogP contribution in [0.2, 0.25) is 0 Å². The molecule has 7 heteroatoms. The van der Waals surface area contributed by atoms with E-state index in [1.54, 1.807) is 6.20 Å². The third kappa shape index (κ3) is 2.12. The first kappa shape index (κ1) is 11.9. The molecule has 1 aliphatic heterocycles. The number of aromatic nitrogens is 1. The smallest absolute Gasteiger partial charge is 0.254 e. The zero-order valence-electron chi connectivity index (χ0n) is 9.86. The van der Waals surface area contributed by atoms with Crippen LogP contribution in [0.1, 0.15) is 23.2 Å². The molecule has 98 valence electrons. The van der Waals surface area contributed by atoms with Crippen molar-refractivity contribution in [3.8, 4) is 0 Å². The van der Waals surface area contributed by atoms with Crippen molar-refractivity contribution < 1.29 is 14.4 Å². The van der Waals surface area contributed by atoms with Gasteiger partial charge in [0.1, 0.15) is 6.04 Å². The minimum Gasteiger partial charge on any atom is -0.360 e. The van der Waals surface area contributed by atoms with Gasteiger partial charge in [-0.3, -0.25) is 19.7 Å². The molecule has 2 aromatic heterocycles. The number of hydrogen-bond acceptors (Lipinski definition) is 4. The van der Waals surface area contributed by atoms with E-state index in [4.69, 9.17) is 0 Å². The van der Waals surface area contributed by atoms with Gasteiger partial charge in [0.2, 0.25) is 11.8 Å². The summed E-state index contributed by atoms with van der Waals surface area (Å²) in [4.78, 5) is 37.7. The second-order valence-electron chi connectivity index (χ2n) is 4.38. The molecule has 0 aromatic carbocycles. The average molecular weight is 277 g/mol. The molecule has 1 unspecified atom stereocenters. The van der Waals surface area contributed by atoms with Crippen LogP contribution < -0.4 is 10.6 Å². The van der Waals surface area contributed by atoms with E-state index in [9.17, 15) is 14.4 Å². The van der Waals surface area contributed by atoms with Crippen molar-refractivity contribution in [3.05, 3.63) is 22.5 Å². The fourth-order valence-corrected chi connectivity index (χ4v) is 2.89. The lowest BCUT2D eigenvalue weighted by Gasteiger charge is -2.21. The van der Waals surface area contributed by atoms with Crippen LogP contribution in [-0.2, 0) is 9.59 Å². The SMILES string of the molecule is O=C1CCC(NC(=O)c2c[nH]c3cscc23)C(=O)N1. The van der Waals surface area contributed by atoms with Gasteiger partial charge in [0, 0.05) is 28.8 Å². The van der Waals surface area contributed by atoms with Crippen LogP contribution in [0.15, 0.2) is 17.0 Å². The van der Waals surface area contributed by atoms with E-state index in [0.717, 1.165) is 10.9 Å². The predicted molar refractivity (Wildman–Crippen MR) is 69.8 cm³/mol. The Bertz CT molecular complexity index is 673. The number of rotatable bonds is 2. The minimum absolute atomic E-state index is 0.248. The molecule has 6 nitrogen and oxygen atoms in total. The van der Waals surface area contributed by atoms with Crippen molar-refractivity contribution in [2.45, 2.75) is 18.9 Å². The van der Waals surface area contributed by atoms with Crippen molar-refractivity contribution in [3.63, 3.8) is 0 Å². The normalized spacial score (nSPS) is 19.5. The summed E-state index contributed by atoms with van der Waals surface area (Å²) in [5, 5.41) is 9.51. The molecule has 2 aromatic rings. The summed E-state index contributed by atoms with van der Waals surface area (Å²) in [5.41, 5.74) is 1.42. The topological polar surface area (TPSA) is 91.1 Å². The molecule has 1 atom stereocenters. The van der Waals surface area contributed by atoms with Crippen molar-refractivity contribution in [2.75, 3.05) is 0 Å². The van der Waals surface area contributed by atoms with Crippen LogP contribution in [0.4, 0.5) is 0 Å². The van der Waals surface area contributed by atoms with E-state index >= 15 is 0 Å². The van der Waals surface area contributed by atoms with Gasteiger partial charge >= 0.3 is 0 Å². The summed E-state index contributed by atoms with van der Waals surface area (Å²) in [6, 6.07) is -0.645. The first-order chi connectivity index (χ1) is 9.15. The molecular weight excluding hydrogens is 266 g/mol. The van der Waals surface area contributed by atoms with Gasteiger partial charge in [-0.15, -0.1) is 11.3 Å². The Hall–Kier alpha value is -2.15. The highest BCUT2D eigenvalue weighted by atomic mass is 32.1. The van der Waals surface area contributed by atoms with Crippen LogP contribution in [-0.4, -0.2) is 28.7 Å². The molecule has 0 aliphatic carbocycles. The van der Waals surface area contributed by atoms with Crippen molar-refractivity contribution in [1.29, 1.82) is 0 Å². The number of aromatic amines is 1. The Balaban J connectivity index is 1.77. The molecule has 0 saturated carbocycles. The van der Waals surface area contributed by atoms with Gasteiger partial charge in [0.25, 0.3) is 5.91 Å². The number of fused-ring (bicyclic) bond motifs is 1. The van der Waals surface area contributed by atoms with E-state index in [1.165, 1.54) is 11.3 Å². The standard InChI is InChI=1S/C12H11N3O3S/c16-10-2-1-8(12(18)15-10)14-11(17)6-3-13-9-5-19-4-7(6)9/h3-5,8,13H,1-2H2,(H,14,17)(H,15,16,18). The van der Waals surface area contributed by atoms with Gasteiger partial charge in [0.15, 0.2) is 0 Å². The molecule has 3 rings (SSSR count). The fourth-order valence-electron chi connectivity index (χ4n) is 2.10. The first-order valence-electron chi connectivity index (χ1n) is 5.83. The summed E-state index contributed by atoms with van der Waals surface area (Å²) in [6.45, 7) is 0. The molecule has 1 saturated heterocycles. The number of H-pyrrole nitrogens is 1. The highest BCUT2D eigenvalue weighted by molar-refractivity contribution is 7.09. The van der Waals surface area contributed by atoms with Gasteiger partial charge in [-0.1, -0.05) is 0 Å². The third-order valence-electron chi connectivity index (χ3n) is 3.11. The van der Waals surface area contributed by atoms with E-state index in [-0.39, 0.29) is 18.2 Å². The Morgan fingerprint density at radius 2 is 2.21 bits per heavy atom. The third-order valence-corrected chi connectivity index (χ3v) is 3.86. The summed E-state index contributed by atoms with van der Waals surface area (Å²) < 4.78 is 0. The van der Waals surface area contributed by atoms with Crippen molar-refractivity contribution in [1.82, 2.24) is 15.6 Å². The summed E-state index contributed by atoms with van der Waals surface area (Å²) >= 11 is 1.50. The number of hydrogen-bond donors (Lipinski definition) is 3. The molecule has 0 bridgehead atoms. The second kappa shape index (κ2) is 4.51. The Kier molecular flexibility index (Phi) is 2.83. The number of thiophene rings is 1. The molecule has 3 N–H and O–H groups in total. The van der Waals surface area contributed by atoms with Gasteiger partial charge in [0.05, 0.1) is 11.1 Å². The van der Waals surface area contributed by atoms with Crippen LogP contribution in [0.5, 0.6) is 0 Å². The lowest BCUT2D eigenvalue weighted by molar-refractivity contribution is -0.134. The maximum atomic E-state index is 12.1. The number of imide groups is 1. The summed E-state index contributed by atoms with van der Waals surface area (Å²) in [5.74, 6) is -1.04. The van der Waals surface area contributed by atoms with Gasteiger partial charge in [-0.2, -0.15) is 0 Å². The van der Waals surface area contributed by atoms with Crippen LogP contribution in [0.25, 0.3) is 10.9 Å². The number of amides is 3. The van der Waals surface area contributed by atoms with Crippen LogP contribution in [0.3, 0.4) is 0 Å². The number of carbonyl (C=O) groups excluding carboxylic acids is 3. The molecule has 1 fully saturated rings. The molecule has 3 heterocycles. The Morgan fingerprint density at radius 3 is 3.00 bits per heavy atom. The quantitative estimate of drug-likeness (QED) is 0.708. The van der Waals surface area contributed by atoms with Gasteiger partial charge < -0.3 is 10.3 Å². The maximum absolute atomic E-state index is 12.1. The Morgan fingerprint density at radius 1 is 1.37 bits per heavy atom. The van der Waals surface area contributed by atoms with Gasteiger partial charge in [-0.25, -0.2) is 0 Å². The monoisotopic (exact) mass is 277 g/mol. The van der Waals surface area contributed by atoms with Crippen LogP contribution in [0, 0.1) is 0 Å². The maximum Gasteiger partial charge on any atom is 0.254 e. The molecule has 0 radical (unpaired) electrons. The largest absolute Gasteiger partial charge is 0.360 e. The molecule has 19 heavy (non-hydrogen) atoms. The van der Waals surface area contributed by atoms with E-state index in [0.29, 0.717) is 12.0 Å². The molecule has 1 aliphatic rings. The average Bonchev–Trinajstić information content (AvgIpc) is 2.94. The second-order valence-corrected chi connectivity index (χ2v) is 5.12. The van der Waals surface area contributed by atoms with Crippen molar-refractivity contribution >= 4 is 40.0 Å². The summed E-state index contributed by atoms with van der Waals surface area (Å²) in [6.07, 6.45) is 2.21. The zero-order valence-corrected chi connectivity index (χ0v) is 10.7. The fraction of sp³-hybridized carbons (Fsp3) is 0.250. The number of carbonyl (C=O) groups is 3. The van der Waals surface area contributed by atoms with E-state index < -0.39 is 11.9 Å². The summed E-state index contributed by atoms with van der Waals surface area (Å²) in [7, 11) is 0.